The van der Waals surface area contributed by atoms with Gasteiger partial charge in [0.1, 0.15) is 5.82 Å². The highest BCUT2D eigenvalue weighted by Gasteiger charge is 2.31. The predicted molar refractivity (Wildman–Crippen MR) is 120 cm³/mol. The van der Waals surface area contributed by atoms with Crippen molar-refractivity contribution in [2.24, 2.45) is 0 Å². The Morgan fingerprint density at radius 3 is 2.00 bits per heavy atom. The quantitative estimate of drug-likeness (QED) is 0.576. The second-order valence-corrected chi connectivity index (χ2v) is 8.59. The van der Waals surface area contributed by atoms with E-state index in [2.05, 4.69) is 76.5 Å². The van der Waals surface area contributed by atoms with Crippen LogP contribution in [0.15, 0.2) is 78.9 Å². The SMILES string of the molecule is Fc1cccc2c1CCN(C1CCN(C(c3ccccc3)c3ccccc3)CC1)C2. The van der Waals surface area contributed by atoms with Crippen molar-refractivity contribution in [1.29, 1.82) is 0 Å². The molecule has 0 amide bonds. The molecule has 5 rings (SSSR count). The van der Waals surface area contributed by atoms with Crippen LogP contribution in [-0.2, 0) is 13.0 Å². The van der Waals surface area contributed by atoms with Crippen molar-refractivity contribution in [2.75, 3.05) is 19.6 Å². The first-order valence-electron chi connectivity index (χ1n) is 11.1. The van der Waals surface area contributed by atoms with Crippen LogP contribution in [-0.4, -0.2) is 35.5 Å². The molecule has 0 aromatic heterocycles. The van der Waals surface area contributed by atoms with Crippen LogP contribution in [0.25, 0.3) is 0 Å². The Kier molecular flexibility index (Phi) is 5.65. The van der Waals surface area contributed by atoms with Crippen LogP contribution < -0.4 is 0 Å². The summed E-state index contributed by atoms with van der Waals surface area (Å²) >= 11 is 0. The minimum Gasteiger partial charge on any atom is -0.296 e. The molecule has 2 aliphatic rings. The van der Waals surface area contributed by atoms with Crippen LogP contribution in [0.1, 0.15) is 41.1 Å². The fourth-order valence-corrected chi connectivity index (χ4v) is 5.29. The molecule has 0 unspecified atom stereocenters. The van der Waals surface area contributed by atoms with Gasteiger partial charge >= 0.3 is 0 Å². The molecule has 0 spiro atoms. The summed E-state index contributed by atoms with van der Waals surface area (Å²) in [6.07, 6.45) is 3.17. The molecular formula is C27H29FN2. The zero-order valence-electron chi connectivity index (χ0n) is 17.4. The zero-order valence-corrected chi connectivity index (χ0v) is 17.4. The average Bonchev–Trinajstić information content (AvgIpc) is 2.81. The Labute approximate surface area is 179 Å². The number of nitrogens with zero attached hydrogens (tertiary/aromatic N) is 2. The number of piperidine rings is 1. The lowest BCUT2D eigenvalue weighted by atomic mass is 9.92. The fraction of sp³-hybridized carbons (Fsp3) is 0.333. The van der Waals surface area contributed by atoms with E-state index in [0.717, 1.165) is 38.2 Å². The summed E-state index contributed by atoms with van der Waals surface area (Å²) in [5.74, 6) is -0.0319. The van der Waals surface area contributed by atoms with Gasteiger partial charge in [-0.2, -0.15) is 0 Å². The Morgan fingerprint density at radius 1 is 0.733 bits per heavy atom. The van der Waals surface area contributed by atoms with E-state index in [1.807, 2.05) is 6.07 Å². The summed E-state index contributed by atoms with van der Waals surface area (Å²) in [6.45, 7) is 4.04. The lowest BCUT2D eigenvalue weighted by Crippen LogP contribution is -2.47. The predicted octanol–water partition coefficient (Wildman–Crippen LogP) is 5.44. The summed E-state index contributed by atoms with van der Waals surface area (Å²) in [5, 5.41) is 0. The number of hydrogen-bond acceptors (Lipinski definition) is 2. The topological polar surface area (TPSA) is 6.48 Å². The monoisotopic (exact) mass is 400 g/mol. The van der Waals surface area contributed by atoms with Crippen molar-refractivity contribution in [3.8, 4) is 0 Å². The van der Waals surface area contributed by atoms with Crippen molar-refractivity contribution in [3.05, 3.63) is 107 Å². The van der Waals surface area contributed by atoms with Crippen LogP contribution in [0, 0.1) is 5.82 Å². The second-order valence-electron chi connectivity index (χ2n) is 8.59. The molecule has 3 aromatic carbocycles. The van der Waals surface area contributed by atoms with Gasteiger partial charge in [-0.15, -0.1) is 0 Å². The van der Waals surface area contributed by atoms with E-state index in [1.165, 1.54) is 29.5 Å². The minimum atomic E-state index is -0.0319. The molecule has 2 aliphatic heterocycles. The van der Waals surface area contributed by atoms with Gasteiger partial charge in [0.25, 0.3) is 0 Å². The van der Waals surface area contributed by atoms with Crippen LogP contribution in [0.2, 0.25) is 0 Å². The highest BCUT2D eigenvalue weighted by atomic mass is 19.1. The maximum absolute atomic E-state index is 14.1. The average molecular weight is 401 g/mol. The molecule has 3 heteroatoms. The van der Waals surface area contributed by atoms with E-state index in [9.17, 15) is 4.39 Å². The van der Waals surface area contributed by atoms with Crippen molar-refractivity contribution in [2.45, 2.75) is 37.9 Å². The first kappa shape index (κ1) is 19.5. The Balaban J connectivity index is 1.30. The van der Waals surface area contributed by atoms with Gasteiger partial charge in [0.05, 0.1) is 6.04 Å². The lowest BCUT2D eigenvalue weighted by molar-refractivity contribution is 0.0838. The number of hydrogen-bond donors (Lipinski definition) is 0. The number of rotatable bonds is 4. The molecule has 0 bridgehead atoms. The van der Waals surface area contributed by atoms with Crippen LogP contribution >= 0.6 is 0 Å². The van der Waals surface area contributed by atoms with Crippen LogP contribution in [0.4, 0.5) is 4.39 Å². The van der Waals surface area contributed by atoms with E-state index < -0.39 is 0 Å². The molecule has 2 nitrogen and oxygen atoms in total. The third kappa shape index (κ3) is 3.92. The second kappa shape index (κ2) is 8.71. The highest BCUT2D eigenvalue weighted by molar-refractivity contribution is 5.32. The molecule has 2 heterocycles. The zero-order chi connectivity index (χ0) is 20.3. The van der Waals surface area contributed by atoms with E-state index in [4.69, 9.17) is 0 Å². The molecule has 30 heavy (non-hydrogen) atoms. The first-order valence-corrected chi connectivity index (χ1v) is 11.1. The molecule has 0 N–H and O–H groups in total. The summed E-state index contributed by atoms with van der Waals surface area (Å²) in [7, 11) is 0. The van der Waals surface area contributed by atoms with Gasteiger partial charge in [-0.1, -0.05) is 72.8 Å². The van der Waals surface area contributed by atoms with E-state index in [0.29, 0.717) is 12.1 Å². The Bertz CT molecular complexity index is 925. The standard InChI is InChI=1S/C27H29FN2/c28-26-13-7-12-23-20-30(19-16-25(23)26)24-14-17-29(18-15-24)27(21-8-3-1-4-9-21)22-10-5-2-6-11-22/h1-13,24,27H,14-20H2. The molecule has 0 radical (unpaired) electrons. The molecule has 3 aromatic rings. The Morgan fingerprint density at radius 2 is 1.37 bits per heavy atom. The normalized spacial score (nSPS) is 18.5. The molecule has 1 saturated heterocycles. The van der Waals surface area contributed by atoms with Gasteiger partial charge in [-0.25, -0.2) is 4.39 Å². The van der Waals surface area contributed by atoms with Crippen molar-refractivity contribution < 1.29 is 4.39 Å². The maximum Gasteiger partial charge on any atom is 0.126 e. The smallest absolute Gasteiger partial charge is 0.126 e. The summed E-state index contributed by atoms with van der Waals surface area (Å²) in [5.41, 5.74) is 4.84. The molecule has 0 atom stereocenters. The van der Waals surface area contributed by atoms with E-state index in [-0.39, 0.29) is 5.82 Å². The molecule has 1 fully saturated rings. The van der Waals surface area contributed by atoms with Crippen molar-refractivity contribution in [3.63, 3.8) is 0 Å². The highest BCUT2D eigenvalue weighted by Crippen LogP contribution is 2.33. The molecule has 0 saturated carbocycles. The largest absolute Gasteiger partial charge is 0.296 e. The van der Waals surface area contributed by atoms with Gasteiger partial charge in [0, 0.05) is 32.2 Å². The van der Waals surface area contributed by atoms with E-state index in [1.54, 1.807) is 6.07 Å². The Hall–Kier alpha value is -2.49. The van der Waals surface area contributed by atoms with Crippen LogP contribution in [0.5, 0.6) is 0 Å². The summed E-state index contributed by atoms with van der Waals surface area (Å²) in [6, 6.07) is 28.2. The molecular weight excluding hydrogens is 371 g/mol. The van der Waals surface area contributed by atoms with Gasteiger partial charge in [-0.05, 0) is 47.6 Å². The third-order valence-corrected chi connectivity index (χ3v) is 6.85. The van der Waals surface area contributed by atoms with E-state index >= 15 is 0 Å². The number of fused-ring (bicyclic) bond motifs is 1. The van der Waals surface area contributed by atoms with Gasteiger partial charge < -0.3 is 0 Å². The van der Waals surface area contributed by atoms with Crippen molar-refractivity contribution >= 4 is 0 Å². The van der Waals surface area contributed by atoms with Crippen molar-refractivity contribution in [1.82, 2.24) is 9.80 Å². The number of likely N-dealkylation sites (tertiary alicyclic amines) is 1. The molecule has 0 aliphatic carbocycles. The number of halogens is 1. The first-order chi connectivity index (χ1) is 14.8. The van der Waals surface area contributed by atoms with Gasteiger partial charge in [0.15, 0.2) is 0 Å². The van der Waals surface area contributed by atoms with Gasteiger partial charge in [-0.3, -0.25) is 9.80 Å². The van der Waals surface area contributed by atoms with Gasteiger partial charge in [0.2, 0.25) is 0 Å². The minimum absolute atomic E-state index is 0.0319. The summed E-state index contributed by atoms with van der Waals surface area (Å²) < 4.78 is 14.1. The lowest BCUT2D eigenvalue weighted by Gasteiger charge is -2.43. The fourth-order valence-electron chi connectivity index (χ4n) is 5.29. The maximum atomic E-state index is 14.1. The molecule has 154 valence electrons. The van der Waals surface area contributed by atoms with Crippen LogP contribution in [0.3, 0.4) is 0 Å². The third-order valence-electron chi connectivity index (χ3n) is 6.85. The number of benzene rings is 3. The summed E-state index contributed by atoms with van der Waals surface area (Å²) in [4.78, 5) is 5.22.